The topological polar surface area (TPSA) is 119 Å². The van der Waals surface area contributed by atoms with Crippen molar-refractivity contribution in [3.8, 4) is 0 Å². The largest absolute Gasteiger partial charge is 1.00 e. The molecule has 9 aromatic carbocycles. The fourth-order valence-electron chi connectivity index (χ4n) is 7.23. The summed E-state index contributed by atoms with van der Waals surface area (Å²) in [6.07, 6.45) is 1.77. The summed E-state index contributed by atoms with van der Waals surface area (Å²) >= 11 is 0. The molecule has 1 radical (unpaired) electrons. The van der Waals surface area contributed by atoms with Gasteiger partial charge in [0.05, 0.1) is 23.0 Å². The summed E-state index contributed by atoms with van der Waals surface area (Å²) in [7, 11) is -6.64. The van der Waals surface area contributed by atoms with Gasteiger partial charge < -0.3 is 4.74 Å². The van der Waals surface area contributed by atoms with Crippen LogP contribution in [0.1, 0.15) is 0 Å². The second-order valence-corrected chi connectivity index (χ2v) is 22.9. The zero-order valence-electron chi connectivity index (χ0n) is 37.3. The van der Waals surface area contributed by atoms with Gasteiger partial charge in [-0.1, -0.05) is 237 Å². The molecule has 9 rings (SSSR count). The summed E-state index contributed by atoms with van der Waals surface area (Å²) in [5.41, 5.74) is 0. The SMILES string of the molecule is COC(=O)[CH-][P+](c1ccccc1)(c1ccccc1)c1ccccc1.[Au+].[Au].[O-][Cl+3]([O-])([O-])[O-].c1ccc(P(c2ccccc2)c2ccccc2)cc1.c1ccc(P(c2ccccc2)c2ccccc2)cc1. The third-order valence-corrected chi connectivity index (χ3v) is 18.9. The van der Waals surface area contributed by atoms with Crippen molar-refractivity contribution in [3.05, 3.63) is 279 Å². The number of carbonyl (C=O) groups excluding carboxylic acids is 1. The molecular formula is C57H49Au2ClO6P3. The number of esters is 1. The molecule has 0 aliphatic carbocycles. The van der Waals surface area contributed by atoms with Gasteiger partial charge in [0.15, 0.2) is 0 Å². The summed E-state index contributed by atoms with van der Waals surface area (Å²) in [4.78, 5) is 12.3. The Labute approximate surface area is 442 Å². The first-order chi connectivity index (χ1) is 32.7. The van der Waals surface area contributed by atoms with Gasteiger partial charge in [0.1, 0.15) is 0 Å². The first kappa shape index (κ1) is 56.8. The molecule has 9 aromatic rings. The standard InChI is InChI=1S/C21H19O2P.2C18H15P.2Au.ClHO4/c1-23-21(22)17-24(18-11-5-2-6-12-18,19-13-7-3-8-14-19)20-15-9-4-10-16-20;2*1-4-10-16(11-5-1)19(17-12-6-2-7-13-17)18-14-8-3-9-15-18;;;2-1(3,4)5/h2-17H,1H3;2*1-15H;;;(H,2,3,4,5)/q;;;;+1;/p-1. The van der Waals surface area contributed by atoms with Gasteiger partial charge in [0, 0.05) is 29.6 Å². The molecule has 0 N–H and O–H groups in total. The predicted molar refractivity (Wildman–Crippen MR) is 272 cm³/mol. The first-order valence-corrected chi connectivity index (χ1v) is 27.0. The Morgan fingerprint density at radius 1 is 0.377 bits per heavy atom. The zero-order chi connectivity index (χ0) is 47.2. The maximum Gasteiger partial charge on any atom is 1.00 e. The summed E-state index contributed by atoms with van der Waals surface area (Å²) in [6, 6.07) is 95.3. The molecule has 0 saturated carbocycles. The average molecular weight is 1350 g/mol. The van der Waals surface area contributed by atoms with E-state index in [0.717, 1.165) is 15.9 Å². The third kappa shape index (κ3) is 17.5. The Hall–Kier alpha value is -4.78. The maximum absolute atomic E-state index is 12.3. The maximum atomic E-state index is 12.3. The van der Waals surface area contributed by atoms with Crippen molar-refractivity contribution in [1.82, 2.24) is 0 Å². The minimum atomic E-state index is -4.94. The van der Waals surface area contributed by atoms with Crippen molar-refractivity contribution >= 4 is 76.8 Å². The van der Waals surface area contributed by atoms with E-state index in [1.165, 1.54) is 38.9 Å². The predicted octanol–water partition coefficient (Wildman–Crippen LogP) is 5.44. The number of benzene rings is 9. The molecule has 0 unspecified atom stereocenters. The van der Waals surface area contributed by atoms with Gasteiger partial charge >= 0.3 is 22.4 Å². The quantitative estimate of drug-likeness (QED) is 0.0738. The van der Waals surface area contributed by atoms with Crippen molar-refractivity contribution in [2.24, 2.45) is 0 Å². The molecule has 0 aliphatic heterocycles. The van der Waals surface area contributed by atoms with E-state index in [0.29, 0.717) is 0 Å². The Morgan fingerprint density at radius 3 is 0.696 bits per heavy atom. The van der Waals surface area contributed by atoms with Crippen LogP contribution in [0.25, 0.3) is 0 Å². The Kier molecular flexibility index (Phi) is 24.8. The molecule has 0 fully saturated rings. The number of halogens is 1. The van der Waals surface area contributed by atoms with Crippen molar-refractivity contribution in [2.45, 2.75) is 0 Å². The second kappa shape index (κ2) is 30.1. The van der Waals surface area contributed by atoms with Crippen molar-refractivity contribution in [1.29, 1.82) is 0 Å². The number of methoxy groups -OCH3 is 1. The smallest absolute Gasteiger partial charge is 0.489 e. The number of hydrogen-bond acceptors (Lipinski definition) is 6. The van der Waals surface area contributed by atoms with Gasteiger partial charge in [-0.2, -0.15) is 0 Å². The van der Waals surface area contributed by atoms with Gasteiger partial charge in [0.25, 0.3) is 0 Å². The summed E-state index contributed by atoms with van der Waals surface area (Å²) < 4.78 is 39.0. The molecule has 12 heteroatoms. The Morgan fingerprint density at radius 2 is 0.536 bits per heavy atom. The number of rotatable bonds is 11. The van der Waals surface area contributed by atoms with E-state index in [2.05, 4.69) is 218 Å². The zero-order valence-corrected chi connectivity index (χ0v) is 45.1. The normalized spacial score (nSPS) is 10.5. The Bertz CT molecular complexity index is 2350. The van der Waals surface area contributed by atoms with Crippen molar-refractivity contribution in [3.63, 3.8) is 0 Å². The molecule has 0 spiro atoms. The Balaban J connectivity index is 0.000000213. The van der Waals surface area contributed by atoms with Gasteiger partial charge in [0.2, 0.25) is 5.97 Å². The third-order valence-electron chi connectivity index (χ3n) is 10.1. The van der Waals surface area contributed by atoms with Crippen molar-refractivity contribution < 1.29 is 83.2 Å². The van der Waals surface area contributed by atoms with Crippen LogP contribution in [0.15, 0.2) is 273 Å². The number of ether oxygens (including phenoxy) is 1. The van der Waals surface area contributed by atoms with Gasteiger partial charge in [-0.25, -0.2) is 18.6 Å². The average Bonchev–Trinajstić information content (AvgIpc) is 3.38. The summed E-state index contributed by atoms with van der Waals surface area (Å²) in [5.74, 6) is -0.306. The van der Waals surface area contributed by atoms with Crippen LogP contribution in [0.4, 0.5) is 0 Å². The van der Waals surface area contributed by atoms with Crippen LogP contribution in [0.2, 0.25) is 0 Å². The van der Waals surface area contributed by atoms with Crippen LogP contribution >= 0.6 is 23.1 Å². The fourth-order valence-corrected chi connectivity index (χ4v) is 15.5. The minimum Gasteiger partial charge on any atom is -0.489 e. The van der Waals surface area contributed by atoms with Gasteiger partial charge in [-0.15, -0.1) is 16.4 Å². The molecular weight excluding hydrogens is 1300 g/mol. The number of carbonyl (C=O) groups is 1. The molecule has 0 bridgehead atoms. The fraction of sp³-hybridized carbons (Fsp3) is 0.0175. The minimum absolute atomic E-state index is 0. The van der Waals surface area contributed by atoms with Gasteiger partial charge in [-0.3, -0.25) is 4.79 Å². The van der Waals surface area contributed by atoms with Crippen molar-refractivity contribution in [2.75, 3.05) is 7.11 Å². The van der Waals surface area contributed by atoms with E-state index in [4.69, 9.17) is 23.4 Å². The molecule has 0 aliphatic rings. The van der Waals surface area contributed by atoms with Gasteiger partial charge in [-0.05, 0) is 84.1 Å². The van der Waals surface area contributed by atoms with Crippen LogP contribution < -0.4 is 66.4 Å². The molecule has 0 amide bonds. The molecule has 0 aromatic heterocycles. The van der Waals surface area contributed by atoms with Crippen LogP contribution in [-0.2, 0) is 54.3 Å². The summed E-state index contributed by atoms with van der Waals surface area (Å²) in [5, 5.41) is 11.8. The van der Waals surface area contributed by atoms with Crippen LogP contribution in [-0.4, -0.2) is 13.1 Å². The monoisotopic (exact) mass is 1350 g/mol. The van der Waals surface area contributed by atoms with E-state index in [-0.39, 0.29) is 50.7 Å². The van der Waals surface area contributed by atoms with E-state index in [1.807, 2.05) is 54.6 Å². The second-order valence-electron chi connectivity index (χ2n) is 14.4. The molecule has 6 nitrogen and oxygen atoms in total. The molecule has 0 heterocycles. The van der Waals surface area contributed by atoms with Crippen LogP contribution in [0.3, 0.4) is 0 Å². The van der Waals surface area contributed by atoms with E-state index >= 15 is 0 Å². The van der Waals surface area contributed by atoms with Crippen LogP contribution in [0.5, 0.6) is 0 Å². The summed E-state index contributed by atoms with van der Waals surface area (Å²) in [6.45, 7) is 0. The number of hydrogen-bond donors (Lipinski definition) is 0. The molecule has 0 saturated heterocycles. The van der Waals surface area contributed by atoms with E-state index < -0.39 is 33.3 Å². The van der Waals surface area contributed by atoms with E-state index in [9.17, 15) is 4.79 Å². The molecule has 357 valence electrons. The molecule has 0 atom stereocenters. The molecule has 69 heavy (non-hydrogen) atoms. The van der Waals surface area contributed by atoms with E-state index in [1.54, 1.807) is 6.16 Å². The first-order valence-electron chi connectivity index (χ1n) is 21.2. The van der Waals surface area contributed by atoms with Crippen LogP contribution in [0, 0.1) is 16.4 Å².